The van der Waals surface area contributed by atoms with Crippen molar-refractivity contribution in [3.05, 3.63) is 49.1 Å². The Hall–Kier alpha value is -0.380. The minimum absolute atomic E-state index is 0.0632. The first kappa shape index (κ1) is 15.0. The Bertz CT molecular complexity index is 672. The zero-order chi connectivity index (χ0) is 14.3. The molecule has 0 saturated heterocycles. The molecule has 0 heterocycles. The number of nitrogen functional groups attached to an aromatic ring is 1. The Morgan fingerprint density at radius 2 is 1.42 bits per heavy atom. The molecule has 0 fully saturated rings. The van der Waals surface area contributed by atoms with Crippen molar-refractivity contribution in [1.82, 2.24) is 0 Å². The smallest absolute Gasteiger partial charge is 0.125 e. The number of hydrogen-bond acceptors (Lipinski definition) is 1. The zero-order valence-electron chi connectivity index (χ0n) is 9.08. The average Bonchev–Trinajstić information content (AvgIpc) is 2.32. The molecular formula is C12H5Cl5FN. The van der Waals surface area contributed by atoms with E-state index in [-0.39, 0.29) is 41.9 Å². The molecule has 2 aromatic carbocycles. The summed E-state index contributed by atoms with van der Waals surface area (Å²) in [6.07, 6.45) is 0. The number of nitrogens with two attached hydrogens (primary N) is 1. The van der Waals surface area contributed by atoms with Gasteiger partial charge in [-0.05, 0) is 18.2 Å². The van der Waals surface area contributed by atoms with E-state index in [9.17, 15) is 4.39 Å². The summed E-state index contributed by atoms with van der Waals surface area (Å²) in [6.45, 7) is 0. The van der Waals surface area contributed by atoms with Crippen LogP contribution in [0.3, 0.4) is 0 Å². The van der Waals surface area contributed by atoms with E-state index < -0.39 is 5.82 Å². The van der Waals surface area contributed by atoms with Crippen molar-refractivity contribution in [3.63, 3.8) is 0 Å². The fraction of sp³-hybridized carbons (Fsp3) is 0. The maximum absolute atomic E-state index is 13.5. The first-order valence-electron chi connectivity index (χ1n) is 4.90. The molecule has 7 heteroatoms. The van der Waals surface area contributed by atoms with Crippen LogP contribution in [0.2, 0.25) is 25.1 Å². The first-order valence-corrected chi connectivity index (χ1v) is 6.79. The highest BCUT2D eigenvalue weighted by molar-refractivity contribution is 6.51. The van der Waals surface area contributed by atoms with Gasteiger partial charge in [-0.2, -0.15) is 0 Å². The standard InChI is InChI=1S/C12H5Cl5FN/c13-6-3-7(14)10(16)11(17)9(6)5-1-4(18)2-8(15)12(5)19/h1-3H,19H2. The van der Waals surface area contributed by atoms with Crippen molar-refractivity contribution in [2.75, 3.05) is 5.73 Å². The van der Waals surface area contributed by atoms with Crippen molar-refractivity contribution in [1.29, 1.82) is 0 Å². The van der Waals surface area contributed by atoms with Crippen LogP contribution in [-0.2, 0) is 0 Å². The summed E-state index contributed by atoms with van der Waals surface area (Å²) in [6, 6.07) is 3.68. The molecule has 0 aliphatic heterocycles. The van der Waals surface area contributed by atoms with E-state index in [0.29, 0.717) is 0 Å². The molecule has 0 atom stereocenters. The van der Waals surface area contributed by atoms with Crippen LogP contribution < -0.4 is 5.73 Å². The number of halogens is 6. The van der Waals surface area contributed by atoms with E-state index >= 15 is 0 Å². The molecule has 0 spiro atoms. The molecule has 0 aliphatic rings. The average molecular weight is 359 g/mol. The Labute approximate surface area is 134 Å². The summed E-state index contributed by atoms with van der Waals surface area (Å²) in [5.74, 6) is -0.563. The Morgan fingerprint density at radius 1 is 0.789 bits per heavy atom. The van der Waals surface area contributed by atoms with Gasteiger partial charge in [0, 0.05) is 11.1 Å². The van der Waals surface area contributed by atoms with Gasteiger partial charge in [-0.1, -0.05) is 58.0 Å². The van der Waals surface area contributed by atoms with Gasteiger partial charge in [0.05, 0.1) is 30.8 Å². The zero-order valence-corrected chi connectivity index (χ0v) is 12.9. The molecule has 100 valence electrons. The van der Waals surface area contributed by atoms with Crippen LogP contribution in [0, 0.1) is 5.82 Å². The topological polar surface area (TPSA) is 26.0 Å². The normalized spacial score (nSPS) is 10.8. The summed E-state index contributed by atoms with van der Waals surface area (Å²) >= 11 is 29.8. The van der Waals surface area contributed by atoms with Gasteiger partial charge in [-0.25, -0.2) is 4.39 Å². The predicted molar refractivity (Wildman–Crippen MR) is 81.3 cm³/mol. The van der Waals surface area contributed by atoms with Gasteiger partial charge in [0.2, 0.25) is 0 Å². The number of hydrogen-bond donors (Lipinski definition) is 1. The highest BCUT2D eigenvalue weighted by Gasteiger charge is 2.19. The minimum atomic E-state index is -0.563. The van der Waals surface area contributed by atoms with Gasteiger partial charge >= 0.3 is 0 Å². The summed E-state index contributed by atoms with van der Waals surface area (Å²) in [5, 5.41) is 0.664. The lowest BCUT2D eigenvalue weighted by atomic mass is 10.0. The molecule has 2 aromatic rings. The quantitative estimate of drug-likeness (QED) is 0.359. The van der Waals surface area contributed by atoms with Crippen LogP contribution in [0.15, 0.2) is 18.2 Å². The van der Waals surface area contributed by atoms with E-state index in [2.05, 4.69) is 0 Å². The Morgan fingerprint density at radius 3 is 2.05 bits per heavy atom. The van der Waals surface area contributed by atoms with Gasteiger partial charge in [-0.15, -0.1) is 0 Å². The van der Waals surface area contributed by atoms with E-state index in [0.717, 1.165) is 6.07 Å². The van der Waals surface area contributed by atoms with Gasteiger partial charge in [0.1, 0.15) is 5.82 Å². The molecule has 2 rings (SSSR count). The van der Waals surface area contributed by atoms with E-state index in [4.69, 9.17) is 63.7 Å². The highest BCUT2D eigenvalue weighted by Crippen LogP contribution is 2.46. The van der Waals surface area contributed by atoms with Crippen molar-refractivity contribution < 1.29 is 4.39 Å². The van der Waals surface area contributed by atoms with Gasteiger partial charge in [0.25, 0.3) is 0 Å². The predicted octanol–water partition coefficient (Wildman–Crippen LogP) is 6.34. The van der Waals surface area contributed by atoms with E-state index in [1.165, 1.54) is 12.1 Å². The van der Waals surface area contributed by atoms with Crippen molar-refractivity contribution >= 4 is 63.7 Å². The number of anilines is 1. The molecule has 0 amide bonds. The number of benzene rings is 2. The van der Waals surface area contributed by atoms with Crippen molar-refractivity contribution in [2.45, 2.75) is 0 Å². The first-order chi connectivity index (χ1) is 8.82. The molecular weight excluding hydrogens is 354 g/mol. The lowest BCUT2D eigenvalue weighted by molar-refractivity contribution is 0.628. The molecule has 0 saturated carbocycles. The summed E-state index contributed by atoms with van der Waals surface area (Å²) in [4.78, 5) is 0. The lowest BCUT2D eigenvalue weighted by Crippen LogP contribution is -1.95. The molecule has 19 heavy (non-hydrogen) atoms. The van der Waals surface area contributed by atoms with Gasteiger partial charge in [-0.3, -0.25) is 0 Å². The van der Waals surface area contributed by atoms with Crippen molar-refractivity contribution in [3.8, 4) is 11.1 Å². The summed E-state index contributed by atoms with van der Waals surface area (Å²) < 4.78 is 13.5. The molecule has 0 aromatic heterocycles. The van der Waals surface area contributed by atoms with Crippen LogP contribution in [0.25, 0.3) is 11.1 Å². The maximum atomic E-state index is 13.5. The fourth-order valence-electron chi connectivity index (χ4n) is 1.60. The molecule has 2 N–H and O–H groups in total. The van der Waals surface area contributed by atoms with E-state index in [1.54, 1.807) is 0 Å². The minimum Gasteiger partial charge on any atom is -0.397 e. The fourth-order valence-corrected chi connectivity index (χ4v) is 2.93. The second-order valence-electron chi connectivity index (χ2n) is 3.69. The number of rotatable bonds is 1. The molecule has 0 bridgehead atoms. The monoisotopic (exact) mass is 357 g/mol. The SMILES string of the molecule is Nc1c(Cl)cc(F)cc1-c1c(Cl)cc(Cl)c(Cl)c1Cl. The third-order valence-corrected chi connectivity index (χ3v) is 4.35. The largest absolute Gasteiger partial charge is 0.397 e. The van der Waals surface area contributed by atoms with Gasteiger partial charge < -0.3 is 5.73 Å². The highest BCUT2D eigenvalue weighted by atomic mass is 35.5. The molecule has 1 nitrogen and oxygen atoms in total. The Kier molecular flexibility index (Phi) is 4.38. The third kappa shape index (κ3) is 2.74. The summed E-state index contributed by atoms with van der Waals surface area (Å²) in [7, 11) is 0. The molecule has 0 radical (unpaired) electrons. The third-order valence-electron chi connectivity index (χ3n) is 2.48. The maximum Gasteiger partial charge on any atom is 0.125 e. The second-order valence-corrected chi connectivity index (χ2v) is 5.67. The van der Waals surface area contributed by atoms with Gasteiger partial charge in [0.15, 0.2) is 0 Å². The second kappa shape index (κ2) is 5.55. The molecule has 0 unspecified atom stereocenters. The lowest BCUT2D eigenvalue weighted by Gasteiger charge is -2.13. The Balaban J connectivity index is 2.83. The van der Waals surface area contributed by atoms with Crippen LogP contribution >= 0.6 is 58.0 Å². The van der Waals surface area contributed by atoms with Crippen molar-refractivity contribution in [2.24, 2.45) is 0 Å². The van der Waals surface area contributed by atoms with E-state index in [1.807, 2.05) is 0 Å². The summed E-state index contributed by atoms with van der Waals surface area (Å²) in [5.41, 5.74) is 6.53. The van der Waals surface area contributed by atoms with Crippen LogP contribution in [0.1, 0.15) is 0 Å². The van der Waals surface area contributed by atoms with Crippen LogP contribution in [0.5, 0.6) is 0 Å². The van der Waals surface area contributed by atoms with Crippen LogP contribution in [0.4, 0.5) is 10.1 Å². The van der Waals surface area contributed by atoms with Crippen LogP contribution in [-0.4, -0.2) is 0 Å². The molecule has 0 aliphatic carbocycles.